The Hall–Kier alpha value is -0.960. The summed E-state index contributed by atoms with van der Waals surface area (Å²) in [6.45, 7) is 6.04. The van der Waals surface area contributed by atoms with Gasteiger partial charge in [0.15, 0.2) is 0 Å². The first-order valence-corrected chi connectivity index (χ1v) is 4.59. The Kier molecular flexibility index (Phi) is 2.98. The Morgan fingerprint density at radius 1 is 1.54 bits per heavy atom. The van der Waals surface area contributed by atoms with Gasteiger partial charge in [-0.1, -0.05) is 30.4 Å². The predicted octanol–water partition coefficient (Wildman–Crippen LogP) is 2.73. The summed E-state index contributed by atoms with van der Waals surface area (Å²) in [6.07, 6.45) is 3.49. The number of hydrogen-bond acceptors (Lipinski definition) is 3. The molecule has 13 heavy (non-hydrogen) atoms. The summed E-state index contributed by atoms with van der Waals surface area (Å²) in [5.74, 6) is 0.177. The van der Waals surface area contributed by atoms with E-state index in [1.807, 2.05) is 26.8 Å². The van der Waals surface area contributed by atoms with Gasteiger partial charge in [0.05, 0.1) is 6.21 Å². The second-order valence-electron chi connectivity index (χ2n) is 3.30. The molecule has 1 atom stereocenters. The van der Waals surface area contributed by atoms with E-state index in [1.54, 1.807) is 0 Å². The molecule has 0 spiro atoms. The Bertz CT molecular complexity index is 326. The molecule has 1 aliphatic rings. The summed E-state index contributed by atoms with van der Waals surface area (Å²) in [4.78, 5) is 0.931. The Morgan fingerprint density at radius 2 is 2.15 bits per heavy atom. The smallest absolute Gasteiger partial charge is 0.0702 e. The quantitative estimate of drug-likeness (QED) is 0.302. The highest BCUT2D eigenvalue weighted by molar-refractivity contribution is 7.80. The maximum absolute atomic E-state index is 8.48. The van der Waals surface area contributed by atoms with Gasteiger partial charge in [-0.25, -0.2) is 0 Å². The van der Waals surface area contributed by atoms with Gasteiger partial charge in [-0.05, 0) is 30.6 Å². The van der Waals surface area contributed by atoms with E-state index >= 15 is 0 Å². The van der Waals surface area contributed by atoms with Crippen LogP contribution in [-0.4, -0.2) is 16.3 Å². The molecule has 1 N–H and O–H groups in total. The van der Waals surface area contributed by atoms with E-state index in [1.165, 1.54) is 6.21 Å². The highest BCUT2D eigenvalue weighted by Crippen LogP contribution is 2.26. The van der Waals surface area contributed by atoms with E-state index in [9.17, 15) is 0 Å². The fourth-order valence-electron chi connectivity index (χ4n) is 1.58. The van der Waals surface area contributed by atoms with Gasteiger partial charge in [0.25, 0.3) is 0 Å². The van der Waals surface area contributed by atoms with E-state index in [4.69, 9.17) is 17.4 Å². The molecule has 0 radical (unpaired) electrons. The maximum atomic E-state index is 8.48. The molecule has 2 nitrogen and oxygen atoms in total. The van der Waals surface area contributed by atoms with Crippen molar-refractivity contribution in [1.29, 1.82) is 0 Å². The van der Waals surface area contributed by atoms with Crippen molar-refractivity contribution in [3.05, 3.63) is 22.8 Å². The van der Waals surface area contributed by atoms with Crippen molar-refractivity contribution in [2.24, 2.45) is 11.1 Å². The molecule has 0 aromatic heterocycles. The van der Waals surface area contributed by atoms with Crippen LogP contribution < -0.4 is 0 Å². The van der Waals surface area contributed by atoms with Crippen molar-refractivity contribution in [1.82, 2.24) is 0 Å². The summed E-state index contributed by atoms with van der Waals surface area (Å²) < 4.78 is 0. The first-order valence-electron chi connectivity index (χ1n) is 4.18. The molecule has 0 aromatic rings. The second-order valence-corrected chi connectivity index (χ2v) is 3.74. The lowest BCUT2D eigenvalue weighted by Crippen LogP contribution is -2.18. The van der Waals surface area contributed by atoms with Crippen molar-refractivity contribution >= 4 is 23.3 Å². The van der Waals surface area contributed by atoms with Crippen LogP contribution in [0.3, 0.4) is 0 Å². The van der Waals surface area contributed by atoms with E-state index in [0.29, 0.717) is 0 Å². The monoisotopic (exact) mass is 195 g/mol. The molecule has 0 fully saturated rings. The summed E-state index contributed by atoms with van der Waals surface area (Å²) in [5.41, 5.74) is 3.25. The highest BCUT2D eigenvalue weighted by Gasteiger charge is 2.20. The highest BCUT2D eigenvalue weighted by atomic mass is 32.1. The molecule has 0 bridgehead atoms. The third-order valence-corrected chi connectivity index (χ3v) is 3.01. The zero-order valence-corrected chi connectivity index (χ0v) is 8.85. The minimum Gasteiger partial charge on any atom is -0.411 e. The van der Waals surface area contributed by atoms with E-state index in [0.717, 1.165) is 21.6 Å². The molecular weight excluding hydrogens is 182 g/mol. The number of thiocarbonyl (C=S) groups is 1. The Labute approximate surface area is 83.6 Å². The zero-order valence-electron chi connectivity index (χ0n) is 8.03. The molecular formula is C10H13NOS. The topological polar surface area (TPSA) is 32.6 Å². The average Bonchev–Trinajstić information content (AvgIpc) is 2.09. The summed E-state index contributed by atoms with van der Waals surface area (Å²) >= 11 is 5.25. The van der Waals surface area contributed by atoms with Crippen LogP contribution in [0.2, 0.25) is 0 Å². The minimum atomic E-state index is 0.177. The van der Waals surface area contributed by atoms with Crippen molar-refractivity contribution in [3.63, 3.8) is 0 Å². The van der Waals surface area contributed by atoms with Crippen LogP contribution in [0.1, 0.15) is 20.8 Å². The van der Waals surface area contributed by atoms with Gasteiger partial charge in [0.1, 0.15) is 0 Å². The molecule has 0 saturated carbocycles. The van der Waals surface area contributed by atoms with Crippen molar-refractivity contribution < 1.29 is 5.21 Å². The van der Waals surface area contributed by atoms with Crippen molar-refractivity contribution in [2.75, 3.05) is 0 Å². The third kappa shape index (κ3) is 1.86. The molecule has 3 heteroatoms. The maximum Gasteiger partial charge on any atom is 0.0702 e. The van der Waals surface area contributed by atoms with Gasteiger partial charge in [-0.15, -0.1) is 0 Å². The van der Waals surface area contributed by atoms with Gasteiger partial charge in [0.2, 0.25) is 0 Å². The van der Waals surface area contributed by atoms with Crippen LogP contribution in [0.4, 0.5) is 0 Å². The van der Waals surface area contributed by atoms with Crippen LogP contribution in [0.5, 0.6) is 0 Å². The minimum absolute atomic E-state index is 0.177. The van der Waals surface area contributed by atoms with Gasteiger partial charge < -0.3 is 5.21 Å². The summed E-state index contributed by atoms with van der Waals surface area (Å²) in [6, 6.07) is 0. The van der Waals surface area contributed by atoms with Crippen LogP contribution in [0.25, 0.3) is 0 Å². The van der Waals surface area contributed by atoms with Crippen LogP contribution >= 0.6 is 12.2 Å². The SMILES string of the molecule is CC1=CC(C)=C(C=NO)C(C)C1=S. The molecule has 0 aromatic carbocycles. The molecule has 1 aliphatic carbocycles. The number of nitrogens with zero attached hydrogens (tertiary/aromatic N) is 1. The number of allylic oxidation sites excluding steroid dienone is 4. The van der Waals surface area contributed by atoms with Gasteiger partial charge in [-0.2, -0.15) is 0 Å². The second kappa shape index (κ2) is 3.83. The van der Waals surface area contributed by atoms with Crippen molar-refractivity contribution in [3.8, 4) is 0 Å². The van der Waals surface area contributed by atoms with E-state index in [2.05, 4.69) is 5.16 Å². The zero-order chi connectivity index (χ0) is 10.0. The van der Waals surface area contributed by atoms with Crippen LogP contribution in [0.15, 0.2) is 28.0 Å². The van der Waals surface area contributed by atoms with Crippen LogP contribution in [0, 0.1) is 5.92 Å². The normalized spacial score (nSPS) is 24.1. The molecule has 0 saturated heterocycles. The fourth-order valence-corrected chi connectivity index (χ4v) is 1.77. The fraction of sp³-hybridized carbons (Fsp3) is 0.400. The average molecular weight is 195 g/mol. The van der Waals surface area contributed by atoms with Gasteiger partial charge >= 0.3 is 0 Å². The third-order valence-electron chi connectivity index (χ3n) is 2.33. The molecule has 0 aliphatic heterocycles. The lowest BCUT2D eigenvalue weighted by atomic mass is 9.85. The molecule has 1 unspecified atom stereocenters. The van der Waals surface area contributed by atoms with E-state index < -0.39 is 0 Å². The van der Waals surface area contributed by atoms with Crippen molar-refractivity contribution in [2.45, 2.75) is 20.8 Å². The first-order chi connectivity index (χ1) is 6.07. The molecule has 0 heterocycles. The number of rotatable bonds is 1. The largest absolute Gasteiger partial charge is 0.411 e. The number of oxime groups is 1. The van der Waals surface area contributed by atoms with Gasteiger partial charge in [0, 0.05) is 10.8 Å². The first kappa shape index (κ1) is 10.1. The summed E-state index contributed by atoms with van der Waals surface area (Å²) in [5, 5.41) is 11.5. The van der Waals surface area contributed by atoms with Gasteiger partial charge in [-0.3, -0.25) is 0 Å². The van der Waals surface area contributed by atoms with Crippen LogP contribution in [-0.2, 0) is 0 Å². The summed E-state index contributed by atoms with van der Waals surface area (Å²) in [7, 11) is 0. The predicted molar refractivity (Wildman–Crippen MR) is 58.5 cm³/mol. The molecule has 0 amide bonds. The lowest BCUT2D eigenvalue weighted by molar-refractivity contribution is 0.321. The Morgan fingerprint density at radius 3 is 2.69 bits per heavy atom. The number of hydrogen-bond donors (Lipinski definition) is 1. The molecule has 70 valence electrons. The standard InChI is InChI=1S/C10H13NOS/c1-6-4-7(2)10(13)8(3)9(6)5-11-12/h4-5,8,12H,1-3H3. The Balaban J connectivity index is 3.16. The van der Waals surface area contributed by atoms with E-state index in [-0.39, 0.29) is 5.92 Å². The lowest BCUT2D eigenvalue weighted by Gasteiger charge is -2.21. The molecule has 1 rings (SSSR count).